The molecule has 36 heavy (non-hydrogen) atoms. The topological polar surface area (TPSA) is 78.5 Å². The minimum atomic E-state index is -0.587. The zero-order chi connectivity index (χ0) is 25.7. The molecule has 3 aromatic carbocycles. The van der Waals surface area contributed by atoms with Gasteiger partial charge in [-0.05, 0) is 66.8 Å². The Morgan fingerprint density at radius 3 is 2.39 bits per heavy atom. The molecule has 0 aliphatic carbocycles. The van der Waals surface area contributed by atoms with Crippen LogP contribution in [-0.4, -0.2) is 17.7 Å². The van der Waals surface area contributed by atoms with E-state index in [9.17, 15) is 14.4 Å². The normalized spacial score (nSPS) is 13.4. The molecule has 0 bridgehead atoms. The fourth-order valence-electron chi connectivity index (χ4n) is 4.07. The van der Waals surface area contributed by atoms with Crippen molar-refractivity contribution in [3.63, 3.8) is 0 Å². The van der Waals surface area contributed by atoms with E-state index < -0.39 is 11.8 Å². The molecular weight excluding hydrogens is 474 g/mol. The van der Waals surface area contributed by atoms with Crippen LogP contribution in [-0.2, 0) is 22.4 Å². The number of nitrogens with one attached hydrogen (secondary N) is 2. The number of amides is 3. The van der Waals surface area contributed by atoms with Crippen molar-refractivity contribution < 1.29 is 14.4 Å². The quantitative estimate of drug-likeness (QED) is 0.338. The van der Waals surface area contributed by atoms with Crippen molar-refractivity contribution in [3.8, 4) is 0 Å². The molecule has 4 rings (SSSR count). The van der Waals surface area contributed by atoms with E-state index in [2.05, 4.69) is 17.6 Å². The third-order valence-corrected chi connectivity index (χ3v) is 6.43. The van der Waals surface area contributed by atoms with Gasteiger partial charge >= 0.3 is 0 Å². The maximum atomic E-state index is 13.1. The number of para-hydroxylation sites is 1. The second kappa shape index (κ2) is 11.2. The molecule has 0 saturated carbocycles. The summed E-state index contributed by atoms with van der Waals surface area (Å²) < 4.78 is 0. The van der Waals surface area contributed by atoms with Crippen molar-refractivity contribution in [1.29, 1.82) is 0 Å². The van der Waals surface area contributed by atoms with Gasteiger partial charge in [-0.25, -0.2) is 4.90 Å². The summed E-state index contributed by atoms with van der Waals surface area (Å²) in [6, 6.07) is 21.7. The number of hydrogen-bond donors (Lipinski definition) is 2. The van der Waals surface area contributed by atoms with Gasteiger partial charge < -0.3 is 10.6 Å². The van der Waals surface area contributed by atoms with Crippen LogP contribution in [0.5, 0.6) is 0 Å². The Morgan fingerprint density at radius 2 is 1.67 bits per heavy atom. The van der Waals surface area contributed by atoms with E-state index in [-0.39, 0.29) is 16.6 Å². The van der Waals surface area contributed by atoms with Gasteiger partial charge in [0.05, 0.1) is 5.69 Å². The van der Waals surface area contributed by atoms with E-state index in [1.165, 1.54) is 0 Å². The summed E-state index contributed by atoms with van der Waals surface area (Å²) in [4.78, 5) is 39.9. The maximum Gasteiger partial charge on any atom is 0.283 e. The molecule has 3 amide bonds. The molecule has 7 heteroatoms. The Bertz CT molecular complexity index is 1330. The van der Waals surface area contributed by atoms with Crippen molar-refractivity contribution >= 4 is 46.4 Å². The van der Waals surface area contributed by atoms with Crippen molar-refractivity contribution in [1.82, 2.24) is 0 Å². The summed E-state index contributed by atoms with van der Waals surface area (Å²) in [5, 5.41) is 5.69. The van der Waals surface area contributed by atoms with Crippen LogP contribution in [0.4, 0.5) is 17.1 Å². The number of nitrogens with zero attached hydrogens (tertiary/aromatic N) is 1. The lowest BCUT2D eigenvalue weighted by Gasteiger charge is -2.16. The Morgan fingerprint density at radius 1 is 0.917 bits per heavy atom. The van der Waals surface area contributed by atoms with E-state index in [1.807, 2.05) is 43.3 Å². The van der Waals surface area contributed by atoms with Gasteiger partial charge in [-0.2, -0.15) is 0 Å². The lowest BCUT2D eigenvalue weighted by atomic mass is 10.1. The smallest absolute Gasteiger partial charge is 0.283 e. The minimum Gasteiger partial charge on any atom is -0.350 e. The standard InChI is InChI=1S/C29H28ClN3O3/c1-3-5-9-19-14-16-23(17-15-19)33-28(35)25(30)26(29(33)36)31-22-12-8-11-21(18-22)27(34)32-24-13-7-6-10-20(24)4-2/h6-8,10-18,31H,3-5,9H2,1-2H3,(H,32,34). The van der Waals surface area contributed by atoms with E-state index in [1.54, 1.807) is 36.4 Å². The third-order valence-electron chi connectivity index (χ3n) is 6.08. The lowest BCUT2D eigenvalue weighted by molar-refractivity contribution is -0.120. The highest BCUT2D eigenvalue weighted by Crippen LogP contribution is 2.30. The second-order valence-corrected chi connectivity index (χ2v) is 8.95. The molecule has 0 unspecified atom stereocenters. The molecule has 0 aromatic heterocycles. The van der Waals surface area contributed by atoms with Crippen LogP contribution in [0, 0.1) is 0 Å². The molecule has 6 nitrogen and oxygen atoms in total. The lowest BCUT2D eigenvalue weighted by Crippen LogP contribution is -2.32. The SMILES string of the molecule is CCCCc1ccc(N2C(=O)C(Cl)=C(Nc3cccc(C(=O)Nc4ccccc4CC)c3)C2=O)cc1. The number of anilines is 3. The summed E-state index contributed by atoms with van der Waals surface area (Å²) in [6.45, 7) is 4.16. The fourth-order valence-corrected chi connectivity index (χ4v) is 4.28. The monoisotopic (exact) mass is 501 g/mol. The number of hydrogen-bond acceptors (Lipinski definition) is 4. The van der Waals surface area contributed by atoms with Crippen LogP contribution in [0.25, 0.3) is 0 Å². The summed E-state index contributed by atoms with van der Waals surface area (Å²) in [6.07, 6.45) is 3.90. The highest BCUT2D eigenvalue weighted by molar-refractivity contribution is 6.53. The number of imide groups is 1. The molecule has 0 fully saturated rings. The molecule has 2 N–H and O–H groups in total. The minimum absolute atomic E-state index is 0.0226. The Labute approximate surface area is 216 Å². The number of carbonyl (C=O) groups excluding carboxylic acids is 3. The van der Waals surface area contributed by atoms with Crippen molar-refractivity contribution in [3.05, 3.63) is 100 Å². The Balaban J connectivity index is 1.50. The average Bonchev–Trinajstić information content (AvgIpc) is 3.11. The first-order chi connectivity index (χ1) is 17.4. The zero-order valence-corrected chi connectivity index (χ0v) is 21.1. The number of aryl methyl sites for hydroxylation is 2. The molecule has 3 aromatic rings. The number of unbranched alkanes of at least 4 members (excludes halogenated alkanes) is 1. The summed E-state index contributed by atoms with van der Waals surface area (Å²) in [5.74, 6) is -1.41. The van der Waals surface area contributed by atoms with Gasteiger partial charge in [-0.3, -0.25) is 14.4 Å². The molecule has 0 radical (unpaired) electrons. The molecule has 184 valence electrons. The highest BCUT2D eigenvalue weighted by atomic mass is 35.5. The van der Waals surface area contributed by atoms with E-state index >= 15 is 0 Å². The van der Waals surface area contributed by atoms with Crippen LogP contribution in [0.1, 0.15) is 48.2 Å². The summed E-state index contributed by atoms with van der Waals surface area (Å²) in [7, 11) is 0. The van der Waals surface area contributed by atoms with Crippen molar-refractivity contribution in [2.45, 2.75) is 39.5 Å². The van der Waals surface area contributed by atoms with Crippen LogP contribution >= 0.6 is 11.6 Å². The van der Waals surface area contributed by atoms with Gasteiger partial charge in [0.15, 0.2) is 0 Å². The highest BCUT2D eigenvalue weighted by Gasteiger charge is 2.39. The van der Waals surface area contributed by atoms with Crippen LogP contribution in [0.2, 0.25) is 0 Å². The van der Waals surface area contributed by atoms with E-state index in [0.29, 0.717) is 16.9 Å². The zero-order valence-electron chi connectivity index (χ0n) is 20.3. The summed E-state index contributed by atoms with van der Waals surface area (Å²) >= 11 is 6.29. The first-order valence-electron chi connectivity index (χ1n) is 12.1. The molecule has 1 aliphatic heterocycles. The van der Waals surface area contributed by atoms with Gasteiger partial charge in [0, 0.05) is 16.9 Å². The Kier molecular flexibility index (Phi) is 7.86. The predicted molar refractivity (Wildman–Crippen MR) is 144 cm³/mol. The molecule has 0 atom stereocenters. The van der Waals surface area contributed by atoms with Crippen LogP contribution in [0.15, 0.2) is 83.5 Å². The number of benzene rings is 3. The van der Waals surface area contributed by atoms with Crippen LogP contribution < -0.4 is 15.5 Å². The number of halogens is 1. The van der Waals surface area contributed by atoms with E-state index in [4.69, 9.17) is 11.6 Å². The molecule has 0 saturated heterocycles. The molecule has 0 spiro atoms. The number of carbonyl (C=O) groups is 3. The average molecular weight is 502 g/mol. The van der Waals surface area contributed by atoms with Crippen molar-refractivity contribution in [2.75, 3.05) is 15.5 Å². The molecule has 1 aliphatic rings. The molecule has 1 heterocycles. The Hall–Kier alpha value is -3.90. The van der Waals surface area contributed by atoms with Gasteiger partial charge in [0.25, 0.3) is 17.7 Å². The van der Waals surface area contributed by atoms with Gasteiger partial charge in [0.1, 0.15) is 10.7 Å². The fraction of sp³-hybridized carbons (Fsp3) is 0.207. The molecular formula is C29H28ClN3O3. The van der Waals surface area contributed by atoms with Gasteiger partial charge in [-0.1, -0.05) is 68.3 Å². The van der Waals surface area contributed by atoms with Gasteiger partial charge in [0.2, 0.25) is 0 Å². The van der Waals surface area contributed by atoms with Crippen LogP contribution in [0.3, 0.4) is 0 Å². The van der Waals surface area contributed by atoms with E-state index in [0.717, 1.165) is 47.4 Å². The first-order valence-corrected chi connectivity index (χ1v) is 12.4. The predicted octanol–water partition coefficient (Wildman–Crippen LogP) is 6.28. The largest absolute Gasteiger partial charge is 0.350 e. The maximum absolute atomic E-state index is 13.1. The third kappa shape index (κ3) is 5.34. The first kappa shape index (κ1) is 25.2. The van der Waals surface area contributed by atoms with Gasteiger partial charge in [-0.15, -0.1) is 0 Å². The second-order valence-electron chi connectivity index (χ2n) is 8.58. The van der Waals surface area contributed by atoms with Crippen molar-refractivity contribution in [2.24, 2.45) is 0 Å². The summed E-state index contributed by atoms with van der Waals surface area (Å²) in [5.41, 5.74) is 4.24. The number of rotatable bonds is 9.